The zero-order chi connectivity index (χ0) is 13.8. The predicted octanol–water partition coefficient (Wildman–Crippen LogP) is 2.85. The molecule has 0 spiro atoms. The molecule has 0 unspecified atom stereocenters. The van der Waals surface area contributed by atoms with Crippen LogP contribution in [-0.4, -0.2) is 26.1 Å². The van der Waals surface area contributed by atoms with Crippen LogP contribution in [0.25, 0.3) is 5.65 Å². The zero-order valence-electron chi connectivity index (χ0n) is 11.2. The third-order valence-corrected chi connectivity index (χ3v) is 3.87. The molecule has 0 radical (unpaired) electrons. The number of hydrogen-bond acceptors (Lipinski definition) is 5. The summed E-state index contributed by atoms with van der Waals surface area (Å²) < 4.78 is 1.99. The van der Waals surface area contributed by atoms with E-state index in [2.05, 4.69) is 33.5 Å². The van der Waals surface area contributed by atoms with E-state index in [0.717, 1.165) is 28.9 Å². The van der Waals surface area contributed by atoms with Gasteiger partial charge in [0.1, 0.15) is 5.82 Å². The van der Waals surface area contributed by atoms with Gasteiger partial charge in [-0.15, -0.1) is 10.2 Å². The third kappa shape index (κ3) is 2.60. The third-order valence-electron chi connectivity index (χ3n) is 2.87. The van der Waals surface area contributed by atoms with Gasteiger partial charge in [0.2, 0.25) is 0 Å². The molecule has 6 heteroatoms. The molecule has 3 aromatic heterocycles. The SMILES string of the molecule is CCNc1ncccc1CSc1nnc2ccccn12. The summed E-state index contributed by atoms with van der Waals surface area (Å²) in [4.78, 5) is 4.36. The fourth-order valence-electron chi connectivity index (χ4n) is 1.94. The molecule has 0 aromatic carbocycles. The second kappa shape index (κ2) is 5.92. The molecule has 102 valence electrons. The summed E-state index contributed by atoms with van der Waals surface area (Å²) in [5, 5.41) is 12.5. The maximum Gasteiger partial charge on any atom is 0.195 e. The molecule has 0 aliphatic heterocycles. The van der Waals surface area contributed by atoms with E-state index in [-0.39, 0.29) is 0 Å². The first-order valence-corrected chi connectivity index (χ1v) is 7.47. The van der Waals surface area contributed by atoms with Gasteiger partial charge in [0.25, 0.3) is 0 Å². The van der Waals surface area contributed by atoms with Gasteiger partial charge in [-0.05, 0) is 25.1 Å². The quantitative estimate of drug-likeness (QED) is 0.731. The van der Waals surface area contributed by atoms with Crippen molar-refractivity contribution < 1.29 is 0 Å². The molecule has 0 aliphatic rings. The molecule has 3 heterocycles. The fourth-order valence-corrected chi connectivity index (χ4v) is 2.85. The van der Waals surface area contributed by atoms with Gasteiger partial charge in [-0.25, -0.2) is 4.98 Å². The molecule has 3 aromatic rings. The highest BCUT2D eigenvalue weighted by atomic mass is 32.2. The van der Waals surface area contributed by atoms with Crippen LogP contribution < -0.4 is 5.32 Å². The number of rotatable bonds is 5. The molecule has 1 N–H and O–H groups in total. The summed E-state index contributed by atoms with van der Waals surface area (Å²) in [5.41, 5.74) is 2.04. The number of aromatic nitrogens is 4. The van der Waals surface area contributed by atoms with Crippen molar-refractivity contribution in [2.75, 3.05) is 11.9 Å². The van der Waals surface area contributed by atoms with Crippen LogP contribution in [0.15, 0.2) is 47.9 Å². The maximum atomic E-state index is 4.36. The molecule has 3 rings (SSSR count). The highest BCUT2D eigenvalue weighted by Crippen LogP contribution is 2.24. The number of pyridine rings is 2. The lowest BCUT2D eigenvalue weighted by atomic mass is 10.3. The number of nitrogens with zero attached hydrogens (tertiary/aromatic N) is 4. The Kier molecular flexibility index (Phi) is 3.83. The van der Waals surface area contributed by atoms with E-state index in [4.69, 9.17) is 0 Å². The van der Waals surface area contributed by atoms with Crippen LogP contribution in [0.1, 0.15) is 12.5 Å². The van der Waals surface area contributed by atoms with E-state index in [0.29, 0.717) is 0 Å². The normalized spacial score (nSPS) is 10.8. The van der Waals surface area contributed by atoms with Gasteiger partial charge in [0.15, 0.2) is 10.8 Å². The molecule has 20 heavy (non-hydrogen) atoms. The van der Waals surface area contributed by atoms with Crippen molar-refractivity contribution in [1.29, 1.82) is 0 Å². The summed E-state index contributed by atoms with van der Waals surface area (Å²) in [7, 11) is 0. The number of hydrogen-bond donors (Lipinski definition) is 1. The van der Waals surface area contributed by atoms with Crippen molar-refractivity contribution in [3.05, 3.63) is 48.3 Å². The molecule has 0 fully saturated rings. The van der Waals surface area contributed by atoms with Crippen LogP contribution in [0.4, 0.5) is 5.82 Å². The number of fused-ring (bicyclic) bond motifs is 1. The van der Waals surface area contributed by atoms with Crippen LogP contribution in [-0.2, 0) is 5.75 Å². The van der Waals surface area contributed by atoms with E-state index in [1.165, 1.54) is 5.56 Å². The Morgan fingerprint density at radius 3 is 3.05 bits per heavy atom. The molecular formula is C14H15N5S. The number of anilines is 1. The van der Waals surface area contributed by atoms with Gasteiger partial charge in [-0.3, -0.25) is 4.40 Å². The van der Waals surface area contributed by atoms with Gasteiger partial charge in [-0.2, -0.15) is 0 Å². The van der Waals surface area contributed by atoms with Crippen LogP contribution in [0, 0.1) is 0 Å². The Morgan fingerprint density at radius 1 is 1.20 bits per heavy atom. The van der Waals surface area contributed by atoms with E-state index >= 15 is 0 Å². The van der Waals surface area contributed by atoms with Crippen molar-refractivity contribution in [3.8, 4) is 0 Å². The topological polar surface area (TPSA) is 55.1 Å². The van der Waals surface area contributed by atoms with Gasteiger partial charge in [0, 0.05) is 30.3 Å². The minimum Gasteiger partial charge on any atom is -0.370 e. The monoisotopic (exact) mass is 285 g/mol. The van der Waals surface area contributed by atoms with Crippen molar-refractivity contribution in [3.63, 3.8) is 0 Å². The van der Waals surface area contributed by atoms with Crippen LogP contribution in [0.5, 0.6) is 0 Å². The van der Waals surface area contributed by atoms with E-state index < -0.39 is 0 Å². The van der Waals surface area contributed by atoms with E-state index in [9.17, 15) is 0 Å². The van der Waals surface area contributed by atoms with Crippen LogP contribution in [0.2, 0.25) is 0 Å². The van der Waals surface area contributed by atoms with Gasteiger partial charge in [0.05, 0.1) is 0 Å². The second-order valence-electron chi connectivity index (χ2n) is 4.24. The maximum absolute atomic E-state index is 4.36. The fraction of sp³-hybridized carbons (Fsp3) is 0.214. The molecular weight excluding hydrogens is 270 g/mol. The molecule has 0 amide bonds. The lowest BCUT2D eigenvalue weighted by molar-refractivity contribution is 0.921. The van der Waals surface area contributed by atoms with Crippen LogP contribution in [0.3, 0.4) is 0 Å². The predicted molar refractivity (Wildman–Crippen MR) is 80.9 cm³/mol. The average Bonchev–Trinajstić information content (AvgIpc) is 2.90. The zero-order valence-corrected chi connectivity index (χ0v) is 12.0. The number of thioether (sulfide) groups is 1. The van der Waals surface area contributed by atoms with E-state index in [1.54, 1.807) is 18.0 Å². The van der Waals surface area contributed by atoms with Crippen LogP contribution >= 0.6 is 11.8 Å². The van der Waals surface area contributed by atoms with E-state index in [1.807, 2.05) is 34.9 Å². The molecule has 0 bridgehead atoms. The molecule has 0 aliphatic carbocycles. The van der Waals surface area contributed by atoms with Gasteiger partial charge in [-0.1, -0.05) is 23.9 Å². The highest BCUT2D eigenvalue weighted by Gasteiger charge is 2.08. The van der Waals surface area contributed by atoms with Gasteiger partial charge < -0.3 is 5.32 Å². The lowest BCUT2D eigenvalue weighted by Crippen LogP contribution is -2.02. The van der Waals surface area contributed by atoms with Crippen molar-refractivity contribution >= 4 is 23.2 Å². The average molecular weight is 285 g/mol. The minimum absolute atomic E-state index is 0.811. The molecule has 0 saturated carbocycles. The molecule has 5 nitrogen and oxygen atoms in total. The smallest absolute Gasteiger partial charge is 0.195 e. The minimum atomic E-state index is 0.811. The van der Waals surface area contributed by atoms with Crippen molar-refractivity contribution in [2.24, 2.45) is 0 Å². The summed E-state index contributed by atoms with van der Waals surface area (Å²) >= 11 is 1.66. The van der Waals surface area contributed by atoms with Gasteiger partial charge >= 0.3 is 0 Å². The summed E-state index contributed by atoms with van der Waals surface area (Å²) in [6.45, 7) is 2.93. The van der Waals surface area contributed by atoms with Crippen molar-refractivity contribution in [2.45, 2.75) is 17.8 Å². The Hall–Kier alpha value is -2.08. The Balaban J connectivity index is 1.80. The standard InChI is InChI=1S/C14H15N5S/c1-2-15-13-11(6-5-8-16-13)10-20-14-18-17-12-7-3-4-9-19(12)14/h3-9H,2,10H2,1H3,(H,15,16). The Labute approximate surface area is 121 Å². The number of nitrogens with one attached hydrogen (secondary N) is 1. The largest absolute Gasteiger partial charge is 0.370 e. The second-order valence-corrected chi connectivity index (χ2v) is 5.18. The molecule has 0 atom stereocenters. The summed E-state index contributed by atoms with van der Waals surface area (Å²) in [6, 6.07) is 9.93. The summed E-state index contributed by atoms with van der Waals surface area (Å²) in [6.07, 6.45) is 3.78. The first kappa shape index (κ1) is 12.9. The highest BCUT2D eigenvalue weighted by molar-refractivity contribution is 7.98. The molecule has 0 saturated heterocycles. The first-order valence-electron chi connectivity index (χ1n) is 6.49. The lowest BCUT2D eigenvalue weighted by Gasteiger charge is -2.08. The first-order chi connectivity index (χ1) is 9.88. The Morgan fingerprint density at radius 2 is 2.15 bits per heavy atom. The summed E-state index contributed by atoms with van der Waals surface area (Å²) in [5.74, 6) is 1.75. The Bertz CT molecular complexity index is 709. The van der Waals surface area contributed by atoms with Crippen molar-refractivity contribution in [1.82, 2.24) is 19.6 Å².